The summed E-state index contributed by atoms with van der Waals surface area (Å²) >= 11 is 0. The molecule has 4 heterocycles. The van der Waals surface area contributed by atoms with E-state index >= 15 is 0 Å². The van der Waals surface area contributed by atoms with Gasteiger partial charge in [0.1, 0.15) is 35.8 Å². The zero-order valence-corrected chi connectivity index (χ0v) is 32.3. The van der Waals surface area contributed by atoms with Crippen LogP contribution in [0.25, 0.3) is 11.3 Å². The average molecular weight is 738 g/mol. The van der Waals surface area contributed by atoms with E-state index in [1.165, 1.54) is 18.6 Å². The van der Waals surface area contributed by atoms with Crippen molar-refractivity contribution < 1.29 is 18.7 Å². The molecule has 0 bridgehead atoms. The number of fused-ring (bicyclic) bond motifs is 2. The van der Waals surface area contributed by atoms with Crippen LogP contribution in [0.1, 0.15) is 95.7 Å². The molecule has 54 heavy (non-hydrogen) atoms. The number of carbonyl (C=O) groups excluding carboxylic acids is 1. The molecule has 3 aromatic heterocycles. The molecule has 286 valence electrons. The summed E-state index contributed by atoms with van der Waals surface area (Å²) in [7, 11) is 3.90. The molecule has 0 radical (unpaired) electrons. The van der Waals surface area contributed by atoms with Gasteiger partial charge in [-0.05, 0) is 89.4 Å². The molecule has 13 heteroatoms. The molecule has 0 saturated carbocycles. The number of piperidine rings is 1. The van der Waals surface area contributed by atoms with E-state index in [4.69, 9.17) is 14.6 Å². The van der Waals surface area contributed by atoms with Crippen LogP contribution < -0.4 is 25.0 Å². The number of halogens is 1. The van der Waals surface area contributed by atoms with Crippen molar-refractivity contribution in [2.45, 2.75) is 96.4 Å². The number of anilines is 2. The summed E-state index contributed by atoms with van der Waals surface area (Å²) in [6.45, 7) is 11.7. The van der Waals surface area contributed by atoms with E-state index in [1.54, 1.807) is 10.7 Å². The summed E-state index contributed by atoms with van der Waals surface area (Å²) in [5.41, 5.74) is 3.68. The zero-order chi connectivity index (χ0) is 38.1. The van der Waals surface area contributed by atoms with E-state index in [9.17, 15) is 9.18 Å². The molecule has 0 spiro atoms. The van der Waals surface area contributed by atoms with Gasteiger partial charge in [0.15, 0.2) is 5.65 Å². The highest BCUT2D eigenvalue weighted by Gasteiger charge is 2.32. The third-order valence-electron chi connectivity index (χ3n) is 10.4. The minimum atomic E-state index is -0.459. The van der Waals surface area contributed by atoms with Gasteiger partial charge in [-0.15, -0.1) is 10.2 Å². The SMILES string of the molecule is C[C@@H]1CCC[C@H](C)N1c1nnc2ccc(O[C@@H]3CC[C@H](NC(=O)Nc4cc(C(C)(C)C)nn4-c4cc(F)cc(OCCN(C)C)c4)c4ccccc43)cn12. The van der Waals surface area contributed by atoms with Gasteiger partial charge in [0.2, 0.25) is 5.95 Å². The van der Waals surface area contributed by atoms with Crippen LogP contribution in [0.2, 0.25) is 0 Å². The first-order valence-corrected chi connectivity index (χ1v) is 19.0. The quantitative estimate of drug-likeness (QED) is 0.149. The highest BCUT2D eigenvalue weighted by molar-refractivity contribution is 5.89. The van der Waals surface area contributed by atoms with Crippen molar-refractivity contribution in [2.24, 2.45) is 0 Å². The molecule has 1 aliphatic heterocycles. The number of amides is 2. The monoisotopic (exact) mass is 737 g/mol. The second kappa shape index (κ2) is 15.3. The van der Waals surface area contributed by atoms with Gasteiger partial charge in [0.25, 0.3) is 0 Å². The van der Waals surface area contributed by atoms with Crippen LogP contribution in [-0.4, -0.2) is 74.6 Å². The Hall–Kier alpha value is -5.17. The van der Waals surface area contributed by atoms with Crippen molar-refractivity contribution in [2.75, 3.05) is 37.5 Å². The summed E-state index contributed by atoms with van der Waals surface area (Å²) < 4.78 is 31.0. The first-order valence-electron chi connectivity index (χ1n) is 19.0. The largest absolute Gasteiger partial charge is 0.492 e. The summed E-state index contributed by atoms with van der Waals surface area (Å²) in [6.07, 6.45) is 6.63. The molecule has 2 aliphatic rings. The molecule has 1 saturated heterocycles. The van der Waals surface area contributed by atoms with Crippen molar-refractivity contribution in [3.8, 4) is 17.2 Å². The Bertz CT molecular complexity index is 2090. The third kappa shape index (κ3) is 8.01. The van der Waals surface area contributed by atoms with Gasteiger partial charge in [-0.3, -0.25) is 9.72 Å². The number of rotatable bonds is 10. The number of hydrogen-bond donors (Lipinski definition) is 2. The van der Waals surface area contributed by atoms with E-state index < -0.39 is 5.82 Å². The number of ether oxygens (including phenoxy) is 2. The molecule has 4 atom stereocenters. The van der Waals surface area contributed by atoms with E-state index in [1.807, 2.05) is 86.8 Å². The van der Waals surface area contributed by atoms with Crippen molar-refractivity contribution in [1.29, 1.82) is 0 Å². The number of aromatic nitrogens is 5. The second-order valence-corrected chi connectivity index (χ2v) is 16.0. The lowest BCUT2D eigenvalue weighted by atomic mass is 9.85. The summed E-state index contributed by atoms with van der Waals surface area (Å²) in [5, 5.41) is 20.0. The van der Waals surface area contributed by atoms with Gasteiger partial charge in [-0.25, -0.2) is 13.9 Å². The molecule has 2 amide bonds. The first-order chi connectivity index (χ1) is 25.8. The normalized spacial score (nSPS) is 20.2. The Morgan fingerprint density at radius 2 is 1.70 bits per heavy atom. The molecule has 2 aromatic carbocycles. The molecule has 0 unspecified atom stereocenters. The molecular weight excluding hydrogens is 686 g/mol. The Kier molecular flexibility index (Phi) is 10.5. The van der Waals surface area contributed by atoms with Gasteiger partial charge in [-0.1, -0.05) is 45.0 Å². The fourth-order valence-corrected chi connectivity index (χ4v) is 7.55. The fraction of sp³-hybridized carbons (Fsp3) is 0.463. The van der Waals surface area contributed by atoms with Gasteiger partial charge in [0, 0.05) is 42.2 Å². The third-order valence-corrected chi connectivity index (χ3v) is 10.4. The number of carbonyl (C=O) groups is 1. The molecular formula is C41H52FN9O3. The van der Waals surface area contributed by atoms with E-state index in [0.29, 0.717) is 55.3 Å². The summed E-state index contributed by atoms with van der Waals surface area (Å²) in [5.74, 6) is 1.93. The lowest BCUT2D eigenvalue weighted by Gasteiger charge is -2.39. The average Bonchev–Trinajstić information content (AvgIpc) is 3.73. The number of hydrogen-bond acceptors (Lipinski definition) is 8. The lowest BCUT2D eigenvalue weighted by Crippen LogP contribution is -2.44. The summed E-state index contributed by atoms with van der Waals surface area (Å²) in [4.78, 5) is 18.1. The zero-order valence-electron chi connectivity index (χ0n) is 32.3. The van der Waals surface area contributed by atoms with Crippen molar-refractivity contribution in [3.63, 3.8) is 0 Å². The number of pyridine rings is 1. The Morgan fingerprint density at radius 3 is 2.44 bits per heavy atom. The van der Waals surface area contributed by atoms with Crippen molar-refractivity contribution >= 4 is 23.4 Å². The summed E-state index contributed by atoms with van der Waals surface area (Å²) in [6, 6.07) is 18.4. The molecule has 1 aliphatic carbocycles. The molecule has 2 N–H and O–H groups in total. The van der Waals surface area contributed by atoms with Gasteiger partial charge < -0.3 is 24.6 Å². The predicted molar refractivity (Wildman–Crippen MR) is 208 cm³/mol. The van der Waals surface area contributed by atoms with Crippen LogP contribution in [-0.2, 0) is 5.41 Å². The molecule has 12 nitrogen and oxygen atoms in total. The Morgan fingerprint density at radius 1 is 0.944 bits per heavy atom. The number of likely N-dealkylation sites (N-methyl/N-ethyl adjacent to an activating group) is 1. The van der Waals surface area contributed by atoms with Gasteiger partial charge in [0.05, 0.1) is 23.6 Å². The van der Waals surface area contributed by atoms with Crippen LogP contribution in [0, 0.1) is 5.82 Å². The maximum Gasteiger partial charge on any atom is 0.320 e. The molecule has 7 rings (SSSR count). The lowest BCUT2D eigenvalue weighted by molar-refractivity contribution is 0.171. The molecule has 5 aromatic rings. The Labute approximate surface area is 316 Å². The van der Waals surface area contributed by atoms with Crippen molar-refractivity contribution in [1.82, 2.24) is 34.6 Å². The van der Waals surface area contributed by atoms with Crippen LogP contribution in [0.5, 0.6) is 11.5 Å². The van der Waals surface area contributed by atoms with E-state index in [-0.39, 0.29) is 23.6 Å². The fourth-order valence-electron chi connectivity index (χ4n) is 7.55. The van der Waals surface area contributed by atoms with E-state index in [0.717, 1.165) is 47.0 Å². The van der Waals surface area contributed by atoms with E-state index in [2.05, 4.69) is 45.6 Å². The standard InChI is InChI=1S/C41H52FN9O3/c1-26-11-10-12-27(2)50(26)40-46-45-37-18-15-30(25-49(37)40)54-35-17-16-34(32-13-8-9-14-33(32)35)43-39(52)44-38-24-36(41(3,4)5)47-51(38)29-21-28(42)22-31(23-29)53-20-19-48(6)7/h8-9,13-15,18,21-27,34-35H,10-12,16-17,19-20H2,1-7H3,(H2,43,44,52)/t26-,27+,34-,35+/m0/s1. The minimum absolute atomic E-state index is 0.203. The van der Waals surface area contributed by atoms with Crippen molar-refractivity contribution in [3.05, 3.63) is 89.5 Å². The van der Waals surface area contributed by atoms with Gasteiger partial charge >= 0.3 is 6.03 Å². The molecule has 1 fully saturated rings. The predicted octanol–water partition coefficient (Wildman–Crippen LogP) is 7.84. The highest BCUT2D eigenvalue weighted by atomic mass is 19.1. The number of nitrogens with zero attached hydrogens (tertiary/aromatic N) is 7. The maximum absolute atomic E-state index is 14.9. The number of urea groups is 1. The highest BCUT2D eigenvalue weighted by Crippen LogP contribution is 2.39. The Balaban J connectivity index is 1.09. The van der Waals surface area contributed by atoms with Crippen LogP contribution in [0.4, 0.5) is 21.0 Å². The number of benzene rings is 2. The van der Waals surface area contributed by atoms with Crippen LogP contribution in [0.15, 0.2) is 66.9 Å². The minimum Gasteiger partial charge on any atom is -0.492 e. The smallest absolute Gasteiger partial charge is 0.320 e. The van der Waals surface area contributed by atoms with Crippen LogP contribution in [0.3, 0.4) is 0 Å². The first kappa shape index (κ1) is 37.2. The second-order valence-electron chi connectivity index (χ2n) is 16.0. The topological polar surface area (TPSA) is 114 Å². The maximum atomic E-state index is 14.9. The van der Waals surface area contributed by atoms with Gasteiger partial charge in [-0.2, -0.15) is 5.10 Å². The number of nitrogens with one attached hydrogen (secondary N) is 2. The van der Waals surface area contributed by atoms with Crippen LogP contribution >= 0.6 is 0 Å².